The van der Waals surface area contributed by atoms with Crippen LogP contribution in [0.15, 0.2) is 34.8 Å². The maximum atomic E-state index is 6.18. The Hall–Kier alpha value is -1.19. The molecule has 3 rings (SSSR count). The van der Waals surface area contributed by atoms with Gasteiger partial charge in [-0.15, -0.1) is 0 Å². The van der Waals surface area contributed by atoms with E-state index < -0.39 is 0 Å². The van der Waals surface area contributed by atoms with Gasteiger partial charge in [-0.05, 0) is 42.3 Å². The van der Waals surface area contributed by atoms with Crippen molar-refractivity contribution in [2.24, 2.45) is 0 Å². The highest BCUT2D eigenvalue weighted by Crippen LogP contribution is 2.33. The van der Waals surface area contributed by atoms with Gasteiger partial charge in [0.1, 0.15) is 5.75 Å². The molecule has 0 atom stereocenters. The number of nitrogens with one attached hydrogen (secondary N) is 1. The molecular formula is C16H15BrClNO. The largest absolute Gasteiger partial charge is 0.493 e. The number of hydrogen-bond acceptors (Lipinski definition) is 2. The molecule has 2 aromatic rings. The zero-order chi connectivity index (χ0) is 14.1. The Bertz CT molecular complexity index is 657. The molecule has 104 valence electrons. The molecule has 1 heterocycles. The summed E-state index contributed by atoms with van der Waals surface area (Å²) in [5.74, 6) is 0.995. The Morgan fingerprint density at radius 1 is 1.35 bits per heavy atom. The van der Waals surface area contributed by atoms with Crippen LogP contribution < -0.4 is 10.1 Å². The smallest absolute Gasteiger partial charge is 0.127 e. The Balaban J connectivity index is 1.84. The van der Waals surface area contributed by atoms with Crippen molar-refractivity contribution in [3.63, 3.8) is 0 Å². The summed E-state index contributed by atoms with van der Waals surface area (Å²) in [7, 11) is 0. The summed E-state index contributed by atoms with van der Waals surface area (Å²) in [4.78, 5) is 0. The average molecular weight is 353 g/mol. The molecule has 0 spiro atoms. The predicted octanol–water partition coefficient (Wildman–Crippen LogP) is 4.96. The van der Waals surface area contributed by atoms with E-state index >= 15 is 0 Å². The number of halogens is 2. The van der Waals surface area contributed by atoms with Crippen LogP contribution in [-0.4, -0.2) is 6.61 Å². The highest BCUT2D eigenvalue weighted by Gasteiger charge is 2.17. The first kappa shape index (κ1) is 13.8. The Morgan fingerprint density at radius 2 is 2.20 bits per heavy atom. The summed E-state index contributed by atoms with van der Waals surface area (Å²) in [6.07, 6.45) is 0.943. The fraction of sp³-hybridized carbons (Fsp3) is 0.250. The summed E-state index contributed by atoms with van der Waals surface area (Å²) in [6.45, 7) is 3.55. The van der Waals surface area contributed by atoms with Crippen molar-refractivity contribution in [2.75, 3.05) is 11.9 Å². The molecule has 0 saturated heterocycles. The first-order valence-electron chi connectivity index (χ1n) is 6.58. The normalized spacial score (nSPS) is 12.9. The molecule has 20 heavy (non-hydrogen) atoms. The second-order valence-corrected chi connectivity index (χ2v) is 6.21. The summed E-state index contributed by atoms with van der Waals surface area (Å²) >= 11 is 9.72. The van der Waals surface area contributed by atoms with Crippen molar-refractivity contribution in [2.45, 2.75) is 19.9 Å². The molecule has 2 nitrogen and oxygen atoms in total. The fourth-order valence-corrected chi connectivity index (χ4v) is 3.10. The molecule has 0 aliphatic carbocycles. The zero-order valence-electron chi connectivity index (χ0n) is 11.2. The third kappa shape index (κ3) is 2.65. The van der Waals surface area contributed by atoms with E-state index in [0.29, 0.717) is 6.54 Å². The van der Waals surface area contributed by atoms with Crippen LogP contribution in [0.5, 0.6) is 5.75 Å². The Morgan fingerprint density at radius 3 is 3.05 bits per heavy atom. The Labute approximate surface area is 132 Å². The summed E-state index contributed by atoms with van der Waals surface area (Å²) in [6, 6.07) is 10.1. The van der Waals surface area contributed by atoms with Gasteiger partial charge in [0.25, 0.3) is 0 Å². The van der Waals surface area contributed by atoms with Gasteiger partial charge in [-0.1, -0.05) is 33.6 Å². The number of hydrogen-bond donors (Lipinski definition) is 1. The average Bonchev–Trinajstić information content (AvgIpc) is 2.88. The second kappa shape index (κ2) is 5.66. The topological polar surface area (TPSA) is 21.3 Å². The minimum atomic E-state index is 0.709. The van der Waals surface area contributed by atoms with E-state index in [1.165, 1.54) is 11.1 Å². The van der Waals surface area contributed by atoms with E-state index in [1.54, 1.807) is 0 Å². The third-order valence-corrected chi connectivity index (χ3v) is 4.64. The van der Waals surface area contributed by atoms with Gasteiger partial charge in [0.05, 0.1) is 6.61 Å². The van der Waals surface area contributed by atoms with Crippen molar-refractivity contribution in [1.82, 2.24) is 0 Å². The highest BCUT2D eigenvalue weighted by atomic mass is 79.9. The molecular weight excluding hydrogens is 338 g/mol. The van der Waals surface area contributed by atoms with Gasteiger partial charge in [-0.3, -0.25) is 0 Å². The number of fused-ring (bicyclic) bond motifs is 1. The monoisotopic (exact) mass is 351 g/mol. The van der Waals surface area contributed by atoms with Crippen LogP contribution in [0.1, 0.15) is 16.7 Å². The molecule has 1 aliphatic heterocycles. The molecule has 4 heteroatoms. The van der Waals surface area contributed by atoms with Crippen LogP contribution >= 0.6 is 27.5 Å². The van der Waals surface area contributed by atoms with Gasteiger partial charge in [-0.2, -0.15) is 0 Å². The summed E-state index contributed by atoms with van der Waals surface area (Å²) < 4.78 is 6.83. The van der Waals surface area contributed by atoms with E-state index in [4.69, 9.17) is 16.3 Å². The molecule has 0 saturated carbocycles. The SMILES string of the molecule is Cc1c(Br)cccc1NCc1cc(Cl)cc2c1OCC2. The lowest BCUT2D eigenvalue weighted by Gasteiger charge is -2.13. The molecule has 0 unspecified atom stereocenters. The standard InChI is InChI=1S/C16H15BrClNO/c1-10-14(17)3-2-4-15(10)19-9-12-8-13(18)7-11-5-6-20-16(11)12/h2-4,7-8,19H,5-6,9H2,1H3. The molecule has 0 amide bonds. The molecule has 0 fully saturated rings. The minimum absolute atomic E-state index is 0.709. The third-order valence-electron chi connectivity index (χ3n) is 3.56. The molecule has 2 aromatic carbocycles. The van der Waals surface area contributed by atoms with Crippen LogP contribution in [0.25, 0.3) is 0 Å². The number of ether oxygens (including phenoxy) is 1. The molecule has 1 N–H and O–H groups in total. The van der Waals surface area contributed by atoms with Crippen LogP contribution in [0.2, 0.25) is 5.02 Å². The Kier molecular flexibility index (Phi) is 3.90. The number of benzene rings is 2. The summed E-state index contributed by atoms with van der Waals surface area (Å²) in [5, 5.41) is 4.23. The quantitative estimate of drug-likeness (QED) is 0.843. The van der Waals surface area contributed by atoms with Crippen molar-refractivity contribution in [3.05, 3.63) is 56.5 Å². The van der Waals surface area contributed by atoms with Crippen LogP contribution in [-0.2, 0) is 13.0 Å². The summed E-state index contributed by atoms with van der Waals surface area (Å²) in [5.41, 5.74) is 4.64. The minimum Gasteiger partial charge on any atom is -0.493 e. The molecule has 1 aliphatic rings. The van der Waals surface area contributed by atoms with Crippen molar-refractivity contribution >= 4 is 33.2 Å². The van der Waals surface area contributed by atoms with Crippen LogP contribution in [0.3, 0.4) is 0 Å². The fourth-order valence-electron chi connectivity index (χ4n) is 2.47. The van der Waals surface area contributed by atoms with Gasteiger partial charge >= 0.3 is 0 Å². The van der Waals surface area contributed by atoms with E-state index in [-0.39, 0.29) is 0 Å². The van der Waals surface area contributed by atoms with Crippen molar-refractivity contribution in [3.8, 4) is 5.75 Å². The maximum absolute atomic E-state index is 6.18. The lowest BCUT2D eigenvalue weighted by atomic mass is 10.1. The van der Waals surface area contributed by atoms with Gasteiger partial charge in [0.15, 0.2) is 0 Å². The first-order chi connectivity index (χ1) is 9.65. The van der Waals surface area contributed by atoms with Crippen molar-refractivity contribution < 1.29 is 4.74 Å². The van der Waals surface area contributed by atoms with Crippen LogP contribution in [0.4, 0.5) is 5.69 Å². The predicted molar refractivity (Wildman–Crippen MR) is 86.9 cm³/mol. The molecule has 0 bridgehead atoms. The lowest BCUT2D eigenvalue weighted by Crippen LogP contribution is -2.03. The van der Waals surface area contributed by atoms with Crippen molar-refractivity contribution in [1.29, 1.82) is 0 Å². The van der Waals surface area contributed by atoms with E-state index in [2.05, 4.69) is 34.2 Å². The van der Waals surface area contributed by atoms with Gasteiger partial charge in [-0.25, -0.2) is 0 Å². The maximum Gasteiger partial charge on any atom is 0.127 e. The van der Waals surface area contributed by atoms with E-state index in [9.17, 15) is 0 Å². The lowest BCUT2D eigenvalue weighted by molar-refractivity contribution is 0.354. The van der Waals surface area contributed by atoms with E-state index in [1.807, 2.05) is 24.3 Å². The molecule has 0 radical (unpaired) electrons. The number of anilines is 1. The number of rotatable bonds is 3. The van der Waals surface area contributed by atoms with Gasteiger partial charge in [0.2, 0.25) is 0 Å². The van der Waals surface area contributed by atoms with Gasteiger partial charge in [0, 0.05) is 33.7 Å². The first-order valence-corrected chi connectivity index (χ1v) is 7.75. The highest BCUT2D eigenvalue weighted by molar-refractivity contribution is 9.10. The zero-order valence-corrected chi connectivity index (χ0v) is 13.5. The molecule has 0 aromatic heterocycles. The van der Waals surface area contributed by atoms with Crippen LogP contribution in [0, 0.1) is 6.92 Å². The second-order valence-electron chi connectivity index (χ2n) is 4.92. The van der Waals surface area contributed by atoms with Gasteiger partial charge < -0.3 is 10.1 Å². The van der Waals surface area contributed by atoms with E-state index in [0.717, 1.165) is 39.5 Å².